The maximum atomic E-state index is 10.4. The van der Waals surface area contributed by atoms with Gasteiger partial charge >= 0.3 is 0 Å². The number of rotatable bonds is 4. The van der Waals surface area contributed by atoms with E-state index in [-0.39, 0.29) is 0 Å². The van der Waals surface area contributed by atoms with Gasteiger partial charge in [0.15, 0.2) is 0 Å². The summed E-state index contributed by atoms with van der Waals surface area (Å²) in [4.78, 5) is 0. The molecule has 0 fully saturated rings. The van der Waals surface area contributed by atoms with Crippen LogP contribution in [-0.2, 0) is 6.54 Å². The Kier molecular flexibility index (Phi) is 3.82. The van der Waals surface area contributed by atoms with Crippen molar-refractivity contribution in [2.45, 2.75) is 39.8 Å². The quantitative estimate of drug-likeness (QED) is 0.897. The maximum absolute atomic E-state index is 10.4. The molecule has 18 heavy (non-hydrogen) atoms. The van der Waals surface area contributed by atoms with E-state index in [0.717, 1.165) is 35.2 Å². The number of hydrogen-bond donors (Lipinski definition) is 1. The lowest BCUT2D eigenvalue weighted by atomic mass is 9.98. The molecule has 3 heteroatoms. The molecule has 0 aliphatic heterocycles. The van der Waals surface area contributed by atoms with E-state index in [1.807, 2.05) is 36.9 Å². The van der Waals surface area contributed by atoms with Crippen LogP contribution in [0.25, 0.3) is 0 Å². The Bertz CT molecular complexity index is 531. The summed E-state index contributed by atoms with van der Waals surface area (Å²) in [6, 6.07) is 6.15. The van der Waals surface area contributed by atoms with E-state index in [2.05, 4.69) is 18.1 Å². The van der Waals surface area contributed by atoms with Crippen molar-refractivity contribution < 1.29 is 5.11 Å². The Morgan fingerprint density at radius 2 is 2.11 bits per heavy atom. The number of aryl methyl sites for hydroxylation is 3. The molecule has 0 aliphatic carbocycles. The van der Waals surface area contributed by atoms with Gasteiger partial charge in [-0.3, -0.25) is 4.68 Å². The number of aliphatic hydroxyl groups excluding tert-OH is 1. The number of hydrogen-bond acceptors (Lipinski definition) is 2. The van der Waals surface area contributed by atoms with Gasteiger partial charge in [0.2, 0.25) is 0 Å². The largest absolute Gasteiger partial charge is 0.384 e. The summed E-state index contributed by atoms with van der Waals surface area (Å²) < 4.78 is 1.88. The Morgan fingerprint density at radius 1 is 1.33 bits per heavy atom. The average Bonchev–Trinajstić information content (AvgIpc) is 2.80. The molecular formula is C15H20N2O. The van der Waals surface area contributed by atoms with E-state index in [9.17, 15) is 5.11 Å². The summed E-state index contributed by atoms with van der Waals surface area (Å²) >= 11 is 0. The van der Waals surface area contributed by atoms with E-state index in [0.29, 0.717) is 0 Å². The van der Waals surface area contributed by atoms with E-state index in [4.69, 9.17) is 0 Å². The van der Waals surface area contributed by atoms with Gasteiger partial charge in [-0.1, -0.05) is 30.7 Å². The summed E-state index contributed by atoms with van der Waals surface area (Å²) in [7, 11) is 0. The number of benzene rings is 1. The van der Waals surface area contributed by atoms with Crippen LogP contribution in [-0.4, -0.2) is 14.9 Å². The van der Waals surface area contributed by atoms with Crippen LogP contribution in [0.15, 0.2) is 30.6 Å². The standard InChI is InChI=1S/C15H20N2O/c1-4-7-17-10-13(9-16-17)15(18)14-8-11(2)5-6-12(14)3/h5-6,8-10,15,18H,4,7H2,1-3H3. The lowest BCUT2D eigenvalue weighted by molar-refractivity contribution is 0.219. The minimum absolute atomic E-state index is 0.587. The van der Waals surface area contributed by atoms with Crippen molar-refractivity contribution in [2.24, 2.45) is 0 Å². The summed E-state index contributed by atoms with van der Waals surface area (Å²) in [6.45, 7) is 7.06. The zero-order valence-electron chi connectivity index (χ0n) is 11.2. The van der Waals surface area contributed by atoms with Gasteiger partial charge < -0.3 is 5.11 Å². The average molecular weight is 244 g/mol. The highest BCUT2D eigenvalue weighted by Gasteiger charge is 2.14. The van der Waals surface area contributed by atoms with Gasteiger partial charge in [-0.15, -0.1) is 0 Å². The molecule has 1 aromatic heterocycles. The van der Waals surface area contributed by atoms with Gasteiger partial charge in [-0.05, 0) is 31.4 Å². The molecular weight excluding hydrogens is 224 g/mol. The first-order chi connectivity index (χ1) is 8.61. The molecule has 0 amide bonds. The van der Waals surface area contributed by atoms with Crippen molar-refractivity contribution in [2.75, 3.05) is 0 Å². The van der Waals surface area contributed by atoms with Crippen LogP contribution in [0.3, 0.4) is 0 Å². The minimum Gasteiger partial charge on any atom is -0.384 e. The highest BCUT2D eigenvalue weighted by molar-refractivity contribution is 5.36. The predicted molar refractivity (Wildman–Crippen MR) is 72.5 cm³/mol. The second-order valence-corrected chi connectivity index (χ2v) is 4.80. The van der Waals surface area contributed by atoms with Crippen molar-refractivity contribution in [3.05, 3.63) is 52.8 Å². The lowest BCUT2D eigenvalue weighted by Crippen LogP contribution is -2.02. The molecule has 0 saturated heterocycles. The molecule has 0 radical (unpaired) electrons. The second-order valence-electron chi connectivity index (χ2n) is 4.80. The highest BCUT2D eigenvalue weighted by atomic mass is 16.3. The van der Waals surface area contributed by atoms with Crippen LogP contribution in [0.4, 0.5) is 0 Å². The molecule has 1 atom stereocenters. The molecule has 3 nitrogen and oxygen atoms in total. The van der Waals surface area contributed by atoms with Gasteiger partial charge in [-0.2, -0.15) is 5.10 Å². The molecule has 0 spiro atoms. The lowest BCUT2D eigenvalue weighted by Gasteiger charge is -2.12. The van der Waals surface area contributed by atoms with E-state index in [1.54, 1.807) is 6.20 Å². The molecule has 1 aromatic carbocycles. The third-order valence-electron chi connectivity index (χ3n) is 3.15. The monoisotopic (exact) mass is 244 g/mol. The summed E-state index contributed by atoms with van der Waals surface area (Å²) in [6.07, 6.45) is 4.13. The van der Waals surface area contributed by atoms with Crippen molar-refractivity contribution in [1.82, 2.24) is 9.78 Å². The zero-order valence-corrected chi connectivity index (χ0v) is 11.2. The first kappa shape index (κ1) is 12.8. The molecule has 1 N–H and O–H groups in total. The Balaban J connectivity index is 2.29. The third kappa shape index (κ3) is 2.62. The highest BCUT2D eigenvalue weighted by Crippen LogP contribution is 2.25. The van der Waals surface area contributed by atoms with E-state index >= 15 is 0 Å². The Morgan fingerprint density at radius 3 is 2.83 bits per heavy atom. The second kappa shape index (κ2) is 5.36. The number of aliphatic hydroxyl groups is 1. The van der Waals surface area contributed by atoms with E-state index < -0.39 is 6.10 Å². The molecule has 0 bridgehead atoms. The Hall–Kier alpha value is -1.61. The SMILES string of the molecule is CCCn1cc(C(O)c2cc(C)ccc2C)cn1. The fraction of sp³-hybridized carbons (Fsp3) is 0.400. The summed E-state index contributed by atoms with van der Waals surface area (Å²) in [5.41, 5.74) is 4.09. The van der Waals surface area contributed by atoms with Crippen molar-refractivity contribution in [3.63, 3.8) is 0 Å². The van der Waals surface area contributed by atoms with Crippen LogP contribution in [0.5, 0.6) is 0 Å². The minimum atomic E-state index is -0.587. The maximum Gasteiger partial charge on any atom is 0.107 e. The van der Waals surface area contributed by atoms with Crippen molar-refractivity contribution in [1.29, 1.82) is 0 Å². The third-order valence-corrected chi connectivity index (χ3v) is 3.15. The normalized spacial score (nSPS) is 12.7. The first-order valence-corrected chi connectivity index (χ1v) is 6.39. The molecule has 2 rings (SSSR count). The van der Waals surface area contributed by atoms with Crippen LogP contribution in [0.1, 0.15) is 41.7 Å². The van der Waals surface area contributed by atoms with Gasteiger partial charge in [0, 0.05) is 18.3 Å². The molecule has 96 valence electrons. The molecule has 0 aliphatic rings. The molecule has 1 heterocycles. The fourth-order valence-electron chi connectivity index (χ4n) is 2.11. The van der Waals surface area contributed by atoms with E-state index in [1.165, 1.54) is 0 Å². The predicted octanol–water partition coefficient (Wildman–Crippen LogP) is 2.99. The fourth-order valence-corrected chi connectivity index (χ4v) is 2.11. The van der Waals surface area contributed by atoms with Gasteiger partial charge in [0.25, 0.3) is 0 Å². The summed E-state index contributed by atoms with van der Waals surface area (Å²) in [5, 5.41) is 14.7. The van der Waals surface area contributed by atoms with Gasteiger partial charge in [0.1, 0.15) is 6.10 Å². The van der Waals surface area contributed by atoms with Crippen LogP contribution >= 0.6 is 0 Å². The van der Waals surface area contributed by atoms with Crippen LogP contribution < -0.4 is 0 Å². The van der Waals surface area contributed by atoms with Crippen molar-refractivity contribution >= 4 is 0 Å². The van der Waals surface area contributed by atoms with Crippen molar-refractivity contribution in [3.8, 4) is 0 Å². The Labute approximate surface area is 108 Å². The zero-order chi connectivity index (χ0) is 13.1. The summed E-state index contributed by atoms with van der Waals surface area (Å²) in [5.74, 6) is 0. The van der Waals surface area contributed by atoms with Gasteiger partial charge in [-0.25, -0.2) is 0 Å². The molecule has 2 aromatic rings. The molecule has 0 saturated carbocycles. The first-order valence-electron chi connectivity index (χ1n) is 6.39. The smallest absolute Gasteiger partial charge is 0.107 e. The van der Waals surface area contributed by atoms with Crippen LogP contribution in [0.2, 0.25) is 0 Å². The number of nitrogens with zero attached hydrogens (tertiary/aromatic N) is 2. The van der Waals surface area contributed by atoms with Crippen LogP contribution in [0, 0.1) is 13.8 Å². The van der Waals surface area contributed by atoms with Gasteiger partial charge in [0.05, 0.1) is 6.20 Å². The topological polar surface area (TPSA) is 38.0 Å². The molecule has 1 unspecified atom stereocenters. The number of aromatic nitrogens is 2.